The number of non-ortho nitro benzene ring substituents is 2. The molecule has 22 heavy (non-hydrogen) atoms. The zero-order valence-corrected chi connectivity index (χ0v) is 11.9. The van der Waals surface area contributed by atoms with Crippen molar-refractivity contribution in [3.8, 4) is 0 Å². The molecule has 0 atom stereocenters. The van der Waals surface area contributed by atoms with Crippen molar-refractivity contribution in [1.82, 2.24) is 0 Å². The van der Waals surface area contributed by atoms with Crippen LogP contribution in [-0.4, -0.2) is 15.6 Å². The van der Waals surface area contributed by atoms with Gasteiger partial charge in [0.1, 0.15) is 0 Å². The summed E-state index contributed by atoms with van der Waals surface area (Å²) < 4.78 is 0. The van der Waals surface area contributed by atoms with E-state index in [-0.39, 0.29) is 22.5 Å². The molecule has 0 fully saturated rings. The fraction of sp³-hybridized carbons (Fsp3) is 0.133. The molecule has 0 N–H and O–H groups in total. The second-order valence-electron chi connectivity index (χ2n) is 4.84. The van der Waals surface area contributed by atoms with E-state index in [0.717, 1.165) is 0 Å². The van der Waals surface area contributed by atoms with Crippen molar-refractivity contribution in [1.29, 1.82) is 0 Å². The monoisotopic (exact) mass is 300 g/mol. The third kappa shape index (κ3) is 2.83. The average molecular weight is 300 g/mol. The van der Waals surface area contributed by atoms with Gasteiger partial charge in [-0.3, -0.25) is 25.0 Å². The lowest BCUT2D eigenvalue weighted by molar-refractivity contribution is -0.385. The first-order valence-electron chi connectivity index (χ1n) is 6.36. The molecule has 0 saturated heterocycles. The van der Waals surface area contributed by atoms with Gasteiger partial charge in [0.15, 0.2) is 5.78 Å². The standard InChI is InChI=1S/C15H12N2O5/c1-9-3-5-11(16(19)20)7-13(9)15(18)14-8-12(17(21)22)6-4-10(14)2/h3-8H,1-2H3. The van der Waals surface area contributed by atoms with E-state index in [1.54, 1.807) is 13.8 Å². The Morgan fingerprint density at radius 2 is 1.18 bits per heavy atom. The minimum Gasteiger partial charge on any atom is -0.289 e. The van der Waals surface area contributed by atoms with Crippen molar-refractivity contribution in [2.75, 3.05) is 0 Å². The maximum atomic E-state index is 12.6. The van der Waals surface area contributed by atoms with Crippen LogP contribution in [0.1, 0.15) is 27.0 Å². The normalized spacial score (nSPS) is 10.3. The third-order valence-corrected chi connectivity index (χ3v) is 3.35. The van der Waals surface area contributed by atoms with Crippen molar-refractivity contribution in [2.45, 2.75) is 13.8 Å². The van der Waals surface area contributed by atoms with Gasteiger partial charge < -0.3 is 0 Å². The molecule has 0 spiro atoms. The van der Waals surface area contributed by atoms with Gasteiger partial charge in [-0.1, -0.05) is 12.1 Å². The lowest BCUT2D eigenvalue weighted by atomic mass is 9.95. The summed E-state index contributed by atoms with van der Waals surface area (Å²) in [6, 6.07) is 7.97. The molecule has 0 bridgehead atoms. The summed E-state index contributed by atoms with van der Waals surface area (Å²) >= 11 is 0. The molecule has 112 valence electrons. The van der Waals surface area contributed by atoms with Crippen molar-refractivity contribution in [3.63, 3.8) is 0 Å². The van der Waals surface area contributed by atoms with Crippen LogP contribution in [0.3, 0.4) is 0 Å². The summed E-state index contributed by atoms with van der Waals surface area (Å²) in [7, 11) is 0. The van der Waals surface area contributed by atoms with E-state index < -0.39 is 15.6 Å². The van der Waals surface area contributed by atoms with Gasteiger partial charge in [-0.25, -0.2) is 0 Å². The number of hydrogen-bond donors (Lipinski definition) is 0. The number of ketones is 1. The molecule has 0 aliphatic heterocycles. The van der Waals surface area contributed by atoms with Crippen LogP contribution in [0.25, 0.3) is 0 Å². The Bertz CT molecular complexity index is 733. The van der Waals surface area contributed by atoms with Crippen LogP contribution in [0.2, 0.25) is 0 Å². The molecule has 0 aliphatic carbocycles. The van der Waals surface area contributed by atoms with Crippen LogP contribution in [0.15, 0.2) is 36.4 Å². The Morgan fingerprint density at radius 3 is 1.50 bits per heavy atom. The van der Waals surface area contributed by atoms with Gasteiger partial charge in [-0.2, -0.15) is 0 Å². The van der Waals surface area contributed by atoms with Crippen LogP contribution in [0.5, 0.6) is 0 Å². The summed E-state index contributed by atoms with van der Waals surface area (Å²) in [5.41, 5.74) is 1.08. The SMILES string of the molecule is Cc1ccc([N+](=O)[O-])cc1C(=O)c1cc([N+](=O)[O-])ccc1C. The van der Waals surface area contributed by atoms with Crippen LogP contribution in [-0.2, 0) is 0 Å². The zero-order valence-electron chi connectivity index (χ0n) is 11.9. The van der Waals surface area contributed by atoms with Crippen LogP contribution in [0.4, 0.5) is 11.4 Å². The van der Waals surface area contributed by atoms with E-state index in [1.807, 2.05) is 0 Å². The summed E-state index contributed by atoms with van der Waals surface area (Å²) in [5, 5.41) is 21.7. The Kier molecular flexibility index (Phi) is 3.98. The molecule has 0 heterocycles. The number of aryl methyl sites for hydroxylation is 2. The van der Waals surface area contributed by atoms with E-state index in [1.165, 1.54) is 36.4 Å². The molecular formula is C15H12N2O5. The lowest BCUT2D eigenvalue weighted by Crippen LogP contribution is -2.07. The van der Waals surface area contributed by atoms with Gasteiger partial charge >= 0.3 is 0 Å². The number of carbonyl (C=O) groups is 1. The maximum Gasteiger partial charge on any atom is 0.270 e. The largest absolute Gasteiger partial charge is 0.289 e. The Hall–Kier alpha value is -3.09. The van der Waals surface area contributed by atoms with Gasteiger partial charge in [0, 0.05) is 35.4 Å². The third-order valence-electron chi connectivity index (χ3n) is 3.35. The molecular weight excluding hydrogens is 288 g/mol. The first-order valence-corrected chi connectivity index (χ1v) is 6.36. The fourth-order valence-electron chi connectivity index (χ4n) is 2.08. The Morgan fingerprint density at radius 1 is 0.818 bits per heavy atom. The van der Waals surface area contributed by atoms with Gasteiger partial charge in [-0.15, -0.1) is 0 Å². The van der Waals surface area contributed by atoms with Crippen LogP contribution < -0.4 is 0 Å². The number of carbonyl (C=O) groups excluding carboxylic acids is 1. The second-order valence-corrected chi connectivity index (χ2v) is 4.84. The lowest BCUT2D eigenvalue weighted by Gasteiger charge is -2.07. The fourth-order valence-corrected chi connectivity index (χ4v) is 2.08. The summed E-state index contributed by atoms with van der Waals surface area (Å²) in [5.74, 6) is -0.470. The van der Waals surface area contributed by atoms with E-state index in [4.69, 9.17) is 0 Å². The molecule has 0 amide bonds. The highest BCUT2D eigenvalue weighted by Crippen LogP contribution is 2.24. The number of nitrogens with zero attached hydrogens (tertiary/aromatic N) is 2. The van der Waals surface area contributed by atoms with Crippen molar-refractivity contribution < 1.29 is 14.6 Å². The smallest absolute Gasteiger partial charge is 0.270 e. The topological polar surface area (TPSA) is 103 Å². The van der Waals surface area contributed by atoms with Crippen molar-refractivity contribution >= 4 is 17.2 Å². The van der Waals surface area contributed by atoms with Gasteiger partial charge in [0.2, 0.25) is 0 Å². The molecule has 0 aromatic heterocycles. The summed E-state index contributed by atoms with van der Waals surface area (Å²) in [6.45, 7) is 3.31. The molecule has 2 rings (SSSR count). The predicted octanol–water partition coefficient (Wildman–Crippen LogP) is 3.35. The molecule has 7 heteroatoms. The van der Waals surface area contributed by atoms with Crippen molar-refractivity contribution in [3.05, 3.63) is 78.9 Å². The van der Waals surface area contributed by atoms with Crippen LogP contribution in [0, 0.1) is 34.1 Å². The highest BCUT2D eigenvalue weighted by Gasteiger charge is 2.20. The highest BCUT2D eigenvalue weighted by atomic mass is 16.6. The van der Waals surface area contributed by atoms with Gasteiger partial charge in [0.05, 0.1) is 9.85 Å². The first-order chi connectivity index (χ1) is 10.3. The second kappa shape index (κ2) is 5.72. The van der Waals surface area contributed by atoms with Gasteiger partial charge in [0.25, 0.3) is 11.4 Å². The quantitative estimate of drug-likeness (QED) is 0.489. The number of nitro groups is 2. The van der Waals surface area contributed by atoms with Gasteiger partial charge in [-0.05, 0) is 25.0 Å². The van der Waals surface area contributed by atoms with E-state index in [2.05, 4.69) is 0 Å². The number of nitro benzene ring substituents is 2. The zero-order chi connectivity index (χ0) is 16.4. The highest BCUT2D eigenvalue weighted by molar-refractivity contribution is 6.11. The van der Waals surface area contributed by atoms with Crippen molar-refractivity contribution in [2.24, 2.45) is 0 Å². The minimum atomic E-state index is -0.587. The van der Waals surface area contributed by atoms with Crippen LogP contribution >= 0.6 is 0 Å². The maximum absolute atomic E-state index is 12.6. The number of rotatable bonds is 4. The number of hydrogen-bond acceptors (Lipinski definition) is 5. The van der Waals surface area contributed by atoms with E-state index in [9.17, 15) is 25.0 Å². The molecule has 0 unspecified atom stereocenters. The Labute approximate surface area is 125 Å². The predicted molar refractivity (Wildman–Crippen MR) is 79.1 cm³/mol. The Balaban J connectivity index is 2.57. The molecule has 0 saturated carbocycles. The van der Waals surface area contributed by atoms with E-state index in [0.29, 0.717) is 11.1 Å². The minimum absolute atomic E-state index is 0.165. The molecule has 0 aliphatic rings. The molecule has 2 aromatic carbocycles. The van der Waals surface area contributed by atoms with E-state index >= 15 is 0 Å². The molecule has 2 aromatic rings. The molecule has 7 nitrogen and oxygen atoms in total. The molecule has 0 radical (unpaired) electrons. The summed E-state index contributed by atoms with van der Waals surface area (Å²) in [6.07, 6.45) is 0. The average Bonchev–Trinajstić information content (AvgIpc) is 2.47. The first kappa shape index (κ1) is 15.3. The number of benzene rings is 2. The summed E-state index contributed by atoms with van der Waals surface area (Å²) in [4.78, 5) is 33.1.